The number of hydrogen-bond acceptors (Lipinski definition) is 4. The molecular weight excluding hydrogens is 350 g/mol. The molecule has 0 bridgehead atoms. The first-order chi connectivity index (χ1) is 12.5. The molecule has 0 fully saturated rings. The van der Waals surface area contributed by atoms with E-state index >= 15 is 0 Å². The number of nitro groups is 1. The van der Waals surface area contributed by atoms with E-state index in [9.17, 15) is 14.9 Å². The van der Waals surface area contributed by atoms with E-state index in [1.54, 1.807) is 12.1 Å². The average Bonchev–Trinajstić information content (AvgIpc) is 2.93. The third kappa shape index (κ3) is 3.78. The number of aryl methyl sites for hydroxylation is 1. The van der Waals surface area contributed by atoms with Crippen molar-refractivity contribution in [3.63, 3.8) is 0 Å². The van der Waals surface area contributed by atoms with Crippen LogP contribution >= 0.6 is 11.3 Å². The van der Waals surface area contributed by atoms with Gasteiger partial charge in [0.25, 0.3) is 11.6 Å². The van der Waals surface area contributed by atoms with E-state index in [-0.39, 0.29) is 18.0 Å². The van der Waals surface area contributed by atoms with Gasteiger partial charge in [-0.25, -0.2) is 0 Å². The van der Waals surface area contributed by atoms with Crippen molar-refractivity contribution >= 4 is 33.1 Å². The lowest BCUT2D eigenvalue weighted by atomic mass is 10.1. The van der Waals surface area contributed by atoms with Crippen LogP contribution in [0.3, 0.4) is 0 Å². The maximum Gasteiger partial charge on any atom is 0.270 e. The van der Waals surface area contributed by atoms with Gasteiger partial charge >= 0.3 is 0 Å². The number of aromatic nitrogens is 1. The lowest BCUT2D eigenvalue weighted by molar-refractivity contribution is -0.384. The van der Waals surface area contributed by atoms with Crippen molar-refractivity contribution in [3.05, 3.63) is 81.2 Å². The second-order valence-corrected chi connectivity index (χ2v) is 6.87. The van der Waals surface area contributed by atoms with Gasteiger partial charge in [0.05, 0.1) is 21.6 Å². The van der Waals surface area contributed by atoms with Gasteiger partial charge in [0.1, 0.15) is 0 Å². The van der Waals surface area contributed by atoms with Gasteiger partial charge in [-0.2, -0.15) is 4.99 Å². The number of non-ortho nitro benzene ring substituents is 1. The molecule has 0 aliphatic carbocycles. The summed E-state index contributed by atoms with van der Waals surface area (Å²) < 4.78 is 2.55. The average molecular weight is 367 g/mol. The van der Waals surface area contributed by atoms with Crippen molar-refractivity contribution in [1.29, 1.82) is 0 Å². The highest BCUT2D eigenvalue weighted by Gasteiger charge is 2.12. The molecule has 0 aliphatic heterocycles. The van der Waals surface area contributed by atoms with E-state index < -0.39 is 4.92 Å². The zero-order valence-corrected chi connectivity index (χ0v) is 15.0. The maximum atomic E-state index is 12.4. The molecule has 0 saturated heterocycles. The largest absolute Gasteiger partial charge is 0.312 e. The van der Waals surface area contributed by atoms with Gasteiger partial charge in [0.2, 0.25) is 0 Å². The molecule has 3 aromatic rings. The molecule has 1 aromatic heterocycles. The number of nitro benzene ring substituents is 1. The van der Waals surface area contributed by atoms with Crippen molar-refractivity contribution in [2.45, 2.75) is 19.9 Å². The lowest BCUT2D eigenvalue weighted by Crippen LogP contribution is -2.16. The number of carbonyl (C=O) groups excluding carboxylic acids is 1. The first kappa shape index (κ1) is 17.8. The second kappa shape index (κ2) is 7.45. The quantitative estimate of drug-likeness (QED) is 0.391. The molecule has 1 heterocycles. The Labute approximate surface area is 153 Å². The Balaban J connectivity index is 2.01. The fourth-order valence-electron chi connectivity index (χ4n) is 2.59. The van der Waals surface area contributed by atoms with Crippen LogP contribution in [0.1, 0.15) is 11.1 Å². The lowest BCUT2D eigenvalue weighted by Gasteiger charge is -2.01. The number of carbonyl (C=O) groups is 1. The zero-order valence-electron chi connectivity index (χ0n) is 14.2. The molecule has 0 aliphatic rings. The van der Waals surface area contributed by atoms with Crippen molar-refractivity contribution in [3.8, 4) is 0 Å². The van der Waals surface area contributed by atoms with Crippen LogP contribution in [-0.2, 0) is 17.8 Å². The fraction of sp³-hybridized carbons (Fsp3) is 0.158. The smallest absolute Gasteiger partial charge is 0.270 e. The molecule has 2 aromatic carbocycles. The van der Waals surface area contributed by atoms with Crippen molar-refractivity contribution in [2.24, 2.45) is 4.99 Å². The fourth-order valence-corrected chi connectivity index (χ4v) is 3.68. The molecule has 0 radical (unpaired) electrons. The number of hydrogen-bond donors (Lipinski definition) is 0. The van der Waals surface area contributed by atoms with Crippen molar-refractivity contribution in [1.82, 2.24) is 4.57 Å². The molecule has 0 spiro atoms. The van der Waals surface area contributed by atoms with Gasteiger partial charge in [0, 0.05) is 18.7 Å². The number of rotatable bonds is 5. The monoisotopic (exact) mass is 367 g/mol. The molecule has 0 atom stereocenters. The summed E-state index contributed by atoms with van der Waals surface area (Å²) in [7, 11) is 0. The summed E-state index contributed by atoms with van der Waals surface area (Å²) in [6.45, 7) is 6.19. The van der Waals surface area contributed by atoms with E-state index in [1.165, 1.54) is 23.5 Å². The van der Waals surface area contributed by atoms with Gasteiger partial charge in [-0.3, -0.25) is 14.9 Å². The van der Waals surface area contributed by atoms with Crippen molar-refractivity contribution in [2.75, 3.05) is 0 Å². The number of allylic oxidation sites excluding steroid dienone is 1. The SMILES string of the molecule is C=CCn1c(=NC(=O)Cc2ccc(C)cc2)sc2cc([N+](=O)[O-])ccc21. The minimum Gasteiger partial charge on any atom is -0.312 e. The third-order valence-corrected chi connectivity index (χ3v) is 4.93. The summed E-state index contributed by atoms with van der Waals surface area (Å²) in [6, 6.07) is 12.4. The van der Waals surface area contributed by atoms with Gasteiger partial charge in [-0.05, 0) is 18.6 Å². The summed E-state index contributed by atoms with van der Waals surface area (Å²) in [6.07, 6.45) is 1.92. The van der Waals surface area contributed by atoms with E-state index in [4.69, 9.17) is 0 Å². The minimum absolute atomic E-state index is 0.0158. The summed E-state index contributed by atoms with van der Waals surface area (Å²) in [4.78, 5) is 27.7. The summed E-state index contributed by atoms with van der Waals surface area (Å²) in [5.74, 6) is -0.257. The number of amides is 1. The molecule has 0 saturated carbocycles. The Bertz CT molecular complexity index is 1060. The van der Waals surface area contributed by atoms with Crippen LogP contribution in [0.4, 0.5) is 5.69 Å². The minimum atomic E-state index is -0.434. The number of nitrogens with zero attached hydrogens (tertiary/aromatic N) is 3. The molecule has 0 unspecified atom stereocenters. The predicted molar refractivity (Wildman–Crippen MR) is 102 cm³/mol. The topological polar surface area (TPSA) is 77.5 Å². The summed E-state index contributed by atoms with van der Waals surface area (Å²) in [5, 5.41) is 11.0. The predicted octanol–water partition coefficient (Wildman–Crippen LogP) is 3.78. The normalized spacial score (nSPS) is 11.7. The van der Waals surface area contributed by atoms with Gasteiger partial charge in [-0.15, -0.1) is 6.58 Å². The van der Waals surface area contributed by atoms with Crippen molar-refractivity contribution < 1.29 is 9.72 Å². The second-order valence-electron chi connectivity index (χ2n) is 5.86. The van der Waals surface area contributed by atoms with Crippen LogP contribution in [0.2, 0.25) is 0 Å². The highest BCUT2D eigenvalue weighted by Crippen LogP contribution is 2.23. The zero-order chi connectivity index (χ0) is 18.7. The van der Waals surface area contributed by atoms with Gasteiger partial charge in [-0.1, -0.05) is 47.2 Å². The third-order valence-electron chi connectivity index (χ3n) is 3.89. The highest BCUT2D eigenvalue weighted by atomic mass is 32.1. The standard InChI is InChI=1S/C19H17N3O3S/c1-3-10-21-16-9-8-15(22(24)25)12-17(16)26-19(21)20-18(23)11-14-6-4-13(2)5-7-14/h3-9,12H,1,10-11H2,2H3. The van der Waals surface area contributed by atoms with Crippen LogP contribution < -0.4 is 4.80 Å². The summed E-state index contributed by atoms with van der Waals surface area (Å²) >= 11 is 1.26. The molecule has 1 amide bonds. The molecular formula is C19H17N3O3S. The number of benzene rings is 2. The molecule has 26 heavy (non-hydrogen) atoms. The molecule has 132 valence electrons. The van der Waals surface area contributed by atoms with Crippen LogP contribution in [-0.4, -0.2) is 15.4 Å². The van der Waals surface area contributed by atoms with E-state index in [2.05, 4.69) is 11.6 Å². The van der Waals surface area contributed by atoms with Gasteiger partial charge < -0.3 is 4.57 Å². The van der Waals surface area contributed by atoms with Crippen LogP contribution in [0.25, 0.3) is 10.2 Å². The maximum absolute atomic E-state index is 12.4. The van der Waals surface area contributed by atoms with E-state index in [0.717, 1.165) is 16.6 Å². The number of fused-ring (bicyclic) bond motifs is 1. The molecule has 7 heteroatoms. The molecule has 0 N–H and O–H groups in total. The van der Waals surface area contributed by atoms with Crippen LogP contribution in [0.15, 0.2) is 60.1 Å². The first-order valence-corrected chi connectivity index (χ1v) is 8.81. The van der Waals surface area contributed by atoms with E-state index in [1.807, 2.05) is 35.8 Å². The Hall–Kier alpha value is -3.06. The molecule has 3 rings (SSSR count). The van der Waals surface area contributed by atoms with Gasteiger partial charge in [0.15, 0.2) is 4.80 Å². The molecule has 6 nitrogen and oxygen atoms in total. The Morgan fingerprint density at radius 1 is 1.31 bits per heavy atom. The Morgan fingerprint density at radius 2 is 2.04 bits per heavy atom. The van der Waals surface area contributed by atoms with Crippen LogP contribution in [0, 0.1) is 17.0 Å². The Morgan fingerprint density at radius 3 is 2.69 bits per heavy atom. The van der Waals surface area contributed by atoms with E-state index in [0.29, 0.717) is 16.0 Å². The Kier molecular flexibility index (Phi) is 5.09. The number of thiazole rings is 1. The summed E-state index contributed by atoms with van der Waals surface area (Å²) in [5.41, 5.74) is 2.84. The first-order valence-electron chi connectivity index (χ1n) is 7.99. The highest BCUT2D eigenvalue weighted by molar-refractivity contribution is 7.16. The van der Waals surface area contributed by atoms with Crippen LogP contribution in [0.5, 0.6) is 0 Å².